The van der Waals surface area contributed by atoms with Crippen LogP contribution in [0.15, 0.2) is 34.9 Å². The van der Waals surface area contributed by atoms with Gasteiger partial charge in [0.15, 0.2) is 11.5 Å². The van der Waals surface area contributed by atoms with Crippen molar-refractivity contribution in [1.29, 1.82) is 0 Å². The molecule has 1 amide bonds. The molecule has 98 valence electrons. The molecule has 1 aliphatic carbocycles. The first-order chi connectivity index (χ1) is 9.16. The average Bonchev–Trinajstić information content (AvgIpc) is 3.16. The molecule has 19 heavy (non-hydrogen) atoms. The Hall–Kier alpha value is -2.17. The Morgan fingerprint density at radius 3 is 2.84 bits per heavy atom. The average molecular weight is 260 g/mol. The summed E-state index contributed by atoms with van der Waals surface area (Å²) in [7, 11) is 1.75. The molecule has 1 fully saturated rings. The highest BCUT2D eigenvalue weighted by Crippen LogP contribution is 2.28. The van der Waals surface area contributed by atoms with Gasteiger partial charge in [0.25, 0.3) is 5.91 Å². The lowest BCUT2D eigenvalue weighted by atomic mass is 10.1. The predicted molar refractivity (Wildman–Crippen MR) is 67.0 cm³/mol. The van der Waals surface area contributed by atoms with Gasteiger partial charge in [0, 0.05) is 19.2 Å². The summed E-state index contributed by atoms with van der Waals surface area (Å²) in [5, 5.41) is 3.73. The van der Waals surface area contributed by atoms with Crippen LogP contribution in [0.2, 0.25) is 0 Å². The van der Waals surface area contributed by atoms with Crippen molar-refractivity contribution >= 4 is 5.91 Å². The first kappa shape index (κ1) is 11.9. The lowest BCUT2D eigenvalue weighted by molar-refractivity contribution is 0.0775. The second kappa shape index (κ2) is 4.50. The van der Waals surface area contributed by atoms with E-state index in [0.29, 0.717) is 11.6 Å². The third-order valence-corrected chi connectivity index (χ3v) is 3.28. The number of benzene rings is 1. The Balaban J connectivity index is 1.87. The summed E-state index contributed by atoms with van der Waals surface area (Å²) in [6.45, 7) is 0. The Labute approximate surface area is 109 Å². The smallest absolute Gasteiger partial charge is 0.276 e. The zero-order valence-corrected chi connectivity index (χ0v) is 10.5. The second-order valence-electron chi connectivity index (χ2n) is 4.70. The SMILES string of the molecule is CN(C(=O)c1cc(-c2ccccc2F)on1)C1CC1. The molecule has 0 spiro atoms. The van der Waals surface area contributed by atoms with E-state index in [2.05, 4.69) is 5.16 Å². The van der Waals surface area contributed by atoms with Gasteiger partial charge >= 0.3 is 0 Å². The molecule has 1 aliphatic rings. The molecule has 0 atom stereocenters. The number of hydrogen-bond acceptors (Lipinski definition) is 3. The molecule has 5 heteroatoms. The maximum absolute atomic E-state index is 13.6. The van der Waals surface area contributed by atoms with E-state index in [1.54, 1.807) is 30.1 Å². The molecule has 0 unspecified atom stereocenters. The standard InChI is InChI=1S/C14H13FN2O2/c1-17(9-6-7-9)14(18)12-8-13(19-16-12)10-4-2-3-5-11(10)15/h2-5,8-9H,6-7H2,1H3. The largest absolute Gasteiger partial charge is 0.355 e. The van der Waals surface area contributed by atoms with E-state index < -0.39 is 5.82 Å². The molecule has 2 aromatic rings. The second-order valence-corrected chi connectivity index (χ2v) is 4.70. The van der Waals surface area contributed by atoms with Crippen molar-refractivity contribution in [2.24, 2.45) is 0 Å². The molecule has 0 N–H and O–H groups in total. The van der Waals surface area contributed by atoms with Gasteiger partial charge in [-0.2, -0.15) is 0 Å². The molecule has 0 bridgehead atoms. The summed E-state index contributed by atoms with van der Waals surface area (Å²) in [5.74, 6) is -0.312. The third kappa shape index (κ3) is 2.23. The lowest BCUT2D eigenvalue weighted by Crippen LogP contribution is -2.28. The van der Waals surface area contributed by atoms with Gasteiger partial charge in [0.2, 0.25) is 0 Å². The van der Waals surface area contributed by atoms with E-state index in [1.165, 1.54) is 12.1 Å². The molecule has 1 heterocycles. The van der Waals surface area contributed by atoms with Crippen LogP contribution in [0.4, 0.5) is 4.39 Å². The summed E-state index contributed by atoms with van der Waals surface area (Å²) < 4.78 is 18.7. The fourth-order valence-electron chi connectivity index (χ4n) is 1.97. The molecular weight excluding hydrogens is 247 g/mol. The van der Waals surface area contributed by atoms with Gasteiger partial charge in [-0.1, -0.05) is 17.3 Å². The number of rotatable bonds is 3. The van der Waals surface area contributed by atoms with E-state index in [1.807, 2.05) is 0 Å². The Kier molecular flexibility index (Phi) is 2.81. The molecular formula is C14H13FN2O2. The minimum atomic E-state index is -0.395. The monoisotopic (exact) mass is 260 g/mol. The maximum atomic E-state index is 13.6. The molecule has 0 radical (unpaired) electrons. The summed E-state index contributed by atoms with van der Waals surface area (Å²) in [6.07, 6.45) is 2.06. The van der Waals surface area contributed by atoms with Gasteiger partial charge in [-0.25, -0.2) is 4.39 Å². The molecule has 0 aliphatic heterocycles. The van der Waals surface area contributed by atoms with Gasteiger partial charge in [-0.15, -0.1) is 0 Å². The fraction of sp³-hybridized carbons (Fsp3) is 0.286. The van der Waals surface area contributed by atoms with Crippen molar-refractivity contribution in [2.45, 2.75) is 18.9 Å². The minimum absolute atomic E-state index is 0.186. The highest BCUT2D eigenvalue weighted by Gasteiger charge is 2.31. The van der Waals surface area contributed by atoms with Crippen LogP contribution >= 0.6 is 0 Å². The van der Waals surface area contributed by atoms with Crippen LogP contribution in [-0.4, -0.2) is 29.1 Å². The van der Waals surface area contributed by atoms with E-state index in [-0.39, 0.29) is 17.4 Å². The molecule has 1 saturated carbocycles. The van der Waals surface area contributed by atoms with Gasteiger partial charge in [0.05, 0.1) is 5.56 Å². The number of aromatic nitrogens is 1. The number of carbonyl (C=O) groups excluding carboxylic acids is 1. The van der Waals surface area contributed by atoms with Crippen LogP contribution in [-0.2, 0) is 0 Å². The quantitative estimate of drug-likeness (QED) is 0.852. The zero-order valence-electron chi connectivity index (χ0n) is 10.5. The topological polar surface area (TPSA) is 46.3 Å². The fourth-order valence-corrected chi connectivity index (χ4v) is 1.97. The number of halogens is 1. The molecule has 1 aromatic heterocycles. The van der Waals surface area contributed by atoms with Crippen molar-refractivity contribution < 1.29 is 13.7 Å². The number of carbonyl (C=O) groups is 1. The first-order valence-corrected chi connectivity index (χ1v) is 6.15. The lowest BCUT2D eigenvalue weighted by Gasteiger charge is -2.13. The highest BCUT2D eigenvalue weighted by molar-refractivity contribution is 5.93. The Morgan fingerprint density at radius 1 is 1.42 bits per heavy atom. The van der Waals surface area contributed by atoms with Crippen molar-refractivity contribution in [3.63, 3.8) is 0 Å². The number of nitrogens with zero attached hydrogens (tertiary/aromatic N) is 2. The summed E-state index contributed by atoms with van der Waals surface area (Å²) in [6, 6.07) is 8.03. The van der Waals surface area contributed by atoms with E-state index >= 15 is 0 Å². The van der Waals surface area contributed by atoms with Crippen LogP contribution in [0, 0.1) is 5.82 Å². The van der Waals surface area contributed by atoms with Crippen molar-refractivity contribution in [3.05, 3.63) is 41.8 Å². The number of hydrogen-bond donors (Lipinski definition) is 0. The van der Waals surface area contributed by atoms with E-state index in [4.69, 9.17) is 4.52 Å². The van der Waals surface area contributed by atoms with Crippen molar-refractivity contribution in [2.75, 3.05) is 7.05 Å². The Bertz CT molecular complexity index is 619. The van der Waals surface area contributed by atoms with Crippen LogP contribution in [0.5, 0.6) is 0 Å². The van der Waals surface area contributed by atoms with Gasteiger partial charge in [-0.3, -0.25) is 4.79 Å². The van der Waals surface area contributed by atoms with Crippen LogP contribution in [0.3, 0.4) is 0 Å². The van der Waals surface area contributed by atoms with E-state index in [9.17, 15) is 9.18 Å². The highest BCUT2D eigenvalue weighted by atomic mass is 19.1. The number of amides is 1. The predicted octanol–water partition coefficient (Wildman–Crippen LogP) is 2.72. The van der Waals surface area contributed by atoms with Gasteiger partial charge in [0.1, 0.15) is 5.82 Å². The normalized spacial score (nSPS) is 14.4. The zero-order chi connectivity index (χ0) is 13.4. The summed E-state index contributed by atoms with van der Waals surface area (Å²) in [4.78, 5) is 13.7. The molecule has 4 nitrogen and oxygen atoms in total. The first-order valence-electron chi connectivity index (χ1n) is 6.15. The summed E-state index contributed by atoms with van der Waals surface area (Å²) >= 11 is 0. The van der Waals surface area contributed by atoms with Gasteiger partial charge in [-0.05, 0) is 25.0 Å². The minimum Gasteiger partial charge on any atom is -0.355 e. The Morgan fingerprint density at radius 2 is 2.16 bits per heavy atom. The molecule has 0 saturated heterocycles. The summed E-state index contributed by atoms with van der Waals surface area (Å²) in [5.41, 5.74) is 0.524. The third-order valence-electron chi connectivity index (χ3n) is 3.28. The molecule has 3 rings (SSSR count). The van der Waals surface area contributed by atoms with Crippen molar-refractivity contribution in [1.82, 2.24) is 10.1 Å². The van der Waals surface area contributed by atoms with Crippen LogP contribution in [0.1, 0.15) is 23.3 Å². The van der Waals surface area contributed by atoms with Crippen molar-refractivity contribution in [3.8, 4) is 11.3 Å². The van der Waals surface area contributed by atoms with Crippen LogP contribution in [0.25, 0.3) is 11.3 Å². The van der Waals surface area contributed by atoms with Gasteiger partial charge < -0.3 is 9.42 Å². The molecule has 1 aromatic carbocycles. The maximum Gasteiger partial charge on any atom is 0.276 e. The van der Waals surface area contributed by atoms with E-state index in [0.717, 1.165) is 12.8 Å². The van der Waals surface area contributed by atoms with Crippen LogP contribution < -0.4 is 0 Å².